The molecule has 0 unspecified atom stereocenters. The SMILES string of the molecule is COCc1ccc2c(c1)CN(Cc1ccccc1)C2=O. The number of benzene rings is 2. The van der Waals surface area contributed by atoms with E-state index in [1.54, 1.807) is 7.11 Å². The average Bonchev–Trinajstić information content (AvgIpc) is 2.77. The van der Waals surface area contributed by atoms with Gasteiger partial charge in [-0.1, -0.05) is 42.5 Å². The molecule has 2 aromatic rings. The van der Waals surface area contributed by atoms with Gasteiger partial charge in [-0.3, -0.25) is 4.79 Å². The summed E-state index contributed by atoms with van der Waals surface area (Å²) < 4.78 is 5.14. The van der Waals surface area contributed by atoms with Crippen LogP contribution in [-0.4, -0.2) is 17.9 Å². The third-order valence-electron chi connectivity index (χ3n) is 3.58. The molecule has 3 rings (SSSR count). The van der Waals surface area contributed by atoms with Crippen molar-refractivity contribution in [2.75, 3.05) is 7.11 Å². The van der Waals surface area contributed by atoms with E-state index in [1.807, 2.05) is 47.4 Å². The van der Waals surface area contributed by atoms with Gasteiger partial charge in [0.2, 0.25) is 0 Å². The van der Waals surface area contributed by atoms with Gasteiger partial charge in [-0.2, -0.15) is 0 Å². The first-order valence-corrected chi connectivity index (χ1v) is 6.72. The van der Waals surface area contributed by atoms with Crippen LogP contribution in [0.5, 0.6) is 0 Å². The lowest BCUT2D eigenvalue weighted by Crippen LogP contribution is -2.23. The zero-order valence-corrected chi connectivity index (χ0v) is 11.5. The molecule has 0 atom stereocenters. The summed E-state index contributed by atoms with van der Waals surface area (Å²) in [4.78, 5) is 14.3. The second-order valence-electron chi connectivity index (χ2n) is 5.07. The zero-order valence-electron chi connectivity index (χ0n) is 11.5. The number of ether oxygens (including phenoxy) is 1. The predicted molar refractivity (Wildman–Crippen MR) is 77.2 cm³/mol. The van der Waals surface area contributed by atoms with Crippen molar-refractivity contribution in [2.45, 2.75) is 19.7 Å². The molecule has 0 spiro atoms. The van der Waals surface area contributed by atoms with Crippen LogP contribution in [0, 0.1) is 0 Å². The molecule has 3 nitrogen and oxygen atoms in total. The van der Waals surface area contributed by atoms with Crippen LogP contribution in [-0.2, 0) is 24.4 Å². The number of hydrogen-bond donors (Lipinski definition) is 0. The van der Waals surface area contributed by atoms with Gasteiger partial charge in [0, 0.05) is 25.8 Å². The highest BCUT2D eigenvalue weighted by atomic mass is 16.5. The van der Waals surface area contributed by atoms with Crippen molar-refractivity contribution in [1.82, 2.24) is 4.90 Å². The molecular formula is C17H17NO2. The van der Waals surface area contributed by atoms with Crippen LogP contribution in [0.2, 0.25) is 0 Å². The monoisotopic (exact) mass is 267 g/mol. The van der Waals surface area contributed by atoms with E-state index in [0.29, 0.717) is 19.7 Å². The maximum atomic E-state index is 12.4. The number of nitrogens with zero attached hydrogens (tertiary/aromatic N) is 1. The van der Waals surface area contributed by atoms with Gasteiger partial charge in [0.15, 0.2) is 0 Å². The van der Waals surface area contributed by atoms with Crippen LogP contribution >= 0.6 is 0 Å². The third-order valence-corrected chi connectivity index (χ3v) is 3.58. The van der Waals surface area contributed by atoms with Gasteiger partial charge in [0.25, 0.3) is 5.91 Å². The number of hydrogen-bond acceptors (Lipinski definition) is 2. The van der Waals surface area contributed by atoms with Gasteiger partial charge in [-0.15, -0.1) is 0 Å². The van der Waals surface area contributed by atoms with Crippen molar-refractivity contribution in [3.05, 3.63) is 70.8 Å². The molecule has 0 radical (unpaired) electrons. The predicted octanol–water partition coefficient (Wildman–Crippen LogP) is 2.99. The van der Waals surface area contributed by atoms with Crippen LogP contribution < -0.4 is 0 Å². The molecule has 0 aromatic heterocycles. The van der Waals surface area contributed by atoms with Crippen LogP contribution in [0.3, 0.4) is 0 Å². The highest BCUT2D eigenvalue weighted by Gasteiger charge is 2.27. The summed E-state index contributed by atoms with van der Waals surface area (Å²) in [5, 5.41) is 0. The summed E-state index contributed by atoms with van der Waals surface area (Å²) in [6, 6.07) is 16.0. The first kappa shape index (κ1) is 12.9. The Hall–Kier alpha value is -2.13. The minimum Gasteiger partial charge on any atom is -0.380 e. The average molecular weight is 267 g/mol. The maximum absolute atomic E-state index is 12.4. The molecule has 20 heavy (non-hydrogen) atoms. The van der Waals surface area contributed by atoms with Gasteiger partial charge in [-0.05, 0) is 22.8 Å². The van der Waals surface area contributed by atoms with Crippen molar-refractivity contribution >= 4 is 5.91 Å². The Kier molecular flexibility index (Phi) is 3.52. The Balaban J connectivity index is 1.79. The molecule has 3 heteroatoms. The molecule has 1 aliphatic heterocycles. The van der Waals surface area contributed by atoms with Crippen LogP contribution in [0.1, 0.15) is 27.0 Å². The van der Waals surface area contributed by atoms with E-state index >= 15 is 0 Å². The first-order valence-electron chi connectivity index (χ1n) is 6.72. The molecule has 1 aliphatic rings. The molecular weight excluding hydrogens is 250 g/mol. The number of fused-ring (bicyclic) bond motifs is 1. The van der Waals surface area contributed by atoms with Crippen molar-refractivity contribution in [1.29, 1.82) is 0 Å². The van der Waals surface area contributed by atoms with E-state index in [9.17, 15) is 4.79 Å². The Bertz CT molecular complexity index is 622. The van der Waals surface area contributed by atoms with Crippen molar-refractivity contribution in [3.8, 4) is 0 Å². The zero-order chi connectivity index (χ0) is 13.9. The highest BCUT2D eigenvalue weighted by molar-refractivity contribution is 5.98. The van der Waals surface area contributed by atoms with E-state index in [1.165, 1.54) is 0 Å². The normalized spacial score (nSPS) is 13.7. The molecule has 0 saturated carbocycles. The molecule has 0 bridgehead atoms. The standard InChI is InChI=1S/C17H17NO2/c1-20-12-14-7-8-16-15(9-14)11-18(17(16)19)10-13-5-3-2-4-6-13/h2-9H,10-12H2,1H3. The lowest BCUT2D eigenvalue weighted by molar-refractivity contribution is 0.0766. The van der Waals surface area contributed by atoms with Crippen LogP contribution in [0.4, 0.5) is 0 Å². The summed E-state index contributed by atoms with van der Waals surface area (Å²) in [6.45, 7) is 1.93. The molecule has 0 saturated heterocycles. The molecule has 102 valence electrons. The molecule has 0 fully saturated rings. The number of carbonyl (C=O) groups is 1. The van der Waals surface area contributed by atoms with Gasteiger partial charge in [-0.25, -0.2) is 0 Å². The van der Waals surface area contributed by atoms with Crippen molar-refractivity contribution < 1.29 is 9.53 Å². The van der Waals surface area contributed by atoms with E-state index in [4.69, 9.17) is 4.74 Å². The fourth-order valence-electron chi connectivity index (χ4n) is 2.62. The van der Waals surface area contributed by atoms with Crippen molar-refractivity contribution in [2.24, 2.45) is 0 Å². The number of carbonyl (C=O) groups excluding carboxylic acids is 1. The van der Waals surface area contributed by atoms with E-state index < -0.39 is 0 Å². The summed E-state index contributed by atoms with van der Waals surface area (Å²) in [5.74, 6) is 0.118. The first-order chi connectivity index (χ1) is 9.78. The summed E-state index contributed by atoms with van der Waals surface area (Å²) in [6.07, 6.45) is 0. The Labute approximate surface area is 118 Å². The van der Waals surface area contributed by atoms with E-state index in [2.05, 4.69) is 6.07 Å². The van der Waals surface area contributed by atoms with E-state index in [-0.39, 0.29) is 5.91 Å². The van der Waals surface area contributed by atoms with Gasteiger partial charge in [0.1, 0.15) is 0 Å². The van der Waals surface area contributed by atoms with Gasteiger partial charge < -0.3 is 9.64 Å². The second-order valence-corrected chi connectivity index (χ2v) is 5.07. The second kappa shape index (κ2) is 5.47. The fraction of sp³-hybridized carbons (Fsp3) is 0.235. The minimum absolute atomic E-state index is 0.118. The highest BCUT2D eigenvalue weighted by Crippen LogP contribution is 2.25. The van der Waals surface area contributed by atoms with Crippen LogP contribution in [0.25, 0.3) is 0 Å². The number of methoxy groups -OCH3 is 1. The fourth-order valence-corrected chi connectivity index (χ4v) is 2.62. The lowest BCUT2D eigenvalue weighted by atomic mass is 10.1. The molecule has 0 N–H and O–H groups in total. The van der Waals surface area contributed by atoms with Crippen LogP contribution in [0.15, 0.2) is 48.5 Å². The quantitative estimate of drug-likeness (QED) is 0.852. The van der Waals surface area contributed by atoms with Gasteiger partial charge in [0.05, 0.1) is 6.61 Å². The molecule has 0 aliphatic carbocycles. The van der Waals surface area contributed by atoms with E-state index in [0.717, 1.165) is 22.3 Å². The summed E-state index contributed by atoms with van der Waals surface area (Å²) >= 11 is 0. The molecule has 1 heterocycles. The minimum atomic E-state index is 0.118. The largest absolute Gasteiger partial charge is 0.380 e. The third kappa shape index (κ3) is 2.45. The Morgan fingerprint density at radius 1 is 1.10 bits per heavy atom. The Morgan fingerprint density at radius 2 is 1.90 bits per heavy atom. The molecule has 1 amide bonds. The number of amides is 1. The summed E-state index contributed by atoms with van der Waals surface area (Å²) in [7, 11) is 1.68. The lowest BCUT2D eigenvalue weighted by Gasteiger charge is -2.15. The smallest absolute Gasteiger partial charge is 0.254 e. The summed E-state index contributed by atoms with van der Waals surface area (Å²) in [5.41, 5.74) is 4.19. The van der Waals surface area contributed by atoms with Gasteiger partial charge >= 0.3 is 0 Å². The van der Waals surface area contributed by atoms with Crippen molar-refractivity contribution in [3.63, 3.8) is 0 Å². The number of rotatable bonds is 4. The molecule has 2 aromatic carbocycles. The maximum Gasteiger partial charge on any atom is 0.254 e. The Morgan fingerprint density at radius 3 is 2.65 bits per heavy atom. The topological polar surface area (TPSA) is 29.5 Å².